The maximum Gasteiger partial charge on any atom is 0.191 e. The van der Waals surface area contributed by atoms with E-state index in [4.69, 9.17) is 4.74 Å². The van der Waals surface area contributed by atoms with Crippen molar-refractivity contribution >= 4 is 5.96 Å². The van der Waals surface area contributed by atoms with Gasteiger partial charge in [0.05, 0.1) is 19.8 Å². The number of guanidine groups is 1. The Kier molecular flexibility index (Phi) is 9.21. The SMILES string of the molecule is CCCOc1cccc(CN=C(NCC)NCC(CO)c2ccccc2)c1. The largest absolute Gasteiger partial charge is 0.494 e. The molecule has 1 unspecified atom stereocenters. The van der Waals surface area contributed by atoms with Crippen LogP contribution in [0.25, 0.3) is 0 Å². The van der Waals surface area contributed by atoms with E-state index in [1.54, 1.807) is 0 Å². The van der Waals surface area contributed by atoms with Crippen molar-refractivity contribution in [1.82, 2.24) is 10.6 Å². The van der Waals surface area contributed by atoms with Crippen LogP contribution in [0.3, 0.4) is 0 Å². The second-order valence-electron chi connectivity index (χ2n) is 6.36. The first-order valence-electron chi connectivity index (χ1n) is 9.66. The average molecular weight is 370 g/mol. The monoisotopic (exact) mass is 369 g/mol. The topological polar surface area (TPSA) is 65.9 Å². The van der Waals surface area contributed by atoms with Crippen molar-refractivity contribution in [3.05, 3.63) is 65.7 Å². The summed E-state index contributed by atoms with van der Waals surface area (Å²) in [6.45, 7) is 6.90. The molecule has 0 aliphatic carbocycles. The van der Waals surface area contributed by atoms with Crippen LogP contribution in [0.5, 0.6) is 5.75 Å². The highest BCUT2D eigenvalue weighted by molar-refractivity contribution is 5.79. The first-order valence-corrected chi connectivity index (χ1v) is 9.66. The van der Waals surface area contributed by atoms with E-state index >= 15 is 0 Å². The van der Waals surface area contributed by atoms with Gasteiger partial charge in [-0.3, -0.25) is 0 Å². The van der Waals surface area contributed by atoms with Gasteiger partial charge in [0.25, 0.3) is 0 Å². The molecule has 0 aliphatic heterocycles. The third-order valence-corrected chi connectivity index (χ3v) is 4.14. The summed E-state index contributed by atoms with van der Waals surface area (Å²) in [5, 5.41) is 16.3. The second kappa shape index (κ2) is 12.0. The maximum atomic E-state index is 9.72. The fourth-order valence-corrected chi connectivity index (χ4v) is 2.70. The molecule has 0 bridgehead atoms. The maximum absolute atomic E-state index is 9.72. The van der Waals surface area contributed by atoms with Crippen molar-refractivity contribution in [2.45, 2.75) is 32.7 Å². The quantitative estimate of drug-likeness (QED) is 0.444. The van der Waals surface area contributed by atoms with E-state index in [9.17, 15) is 5.11 Å². The first kappa shape index (κ1) is 20.8. The summed E-state index contributed by atoms with van der Waals surface area (Å²) in [6, 6.07) is 18.1. The number of nitrogens with one attached hydrogen (secondary N) is 2. The van der Waals surface area contributed by atoms with Crippen LogP contribution in [0.2, 0.25) is 0 Å². The Morgan fingerprint density at radius 3 is 2.59 bits per heavy atom. The number of aliphatic hydroxyl groups excluding tert-OH is 1. The average Bonchev–Trinajstić information content (AvgIpc) is 2.72. The van der Waals surface area contributed by atoms with Crippen LogP contribution in [0.15, 0.2) is 59.6 Å². The van der Waals surface area contributed by atoms with Crippen LogP contribution in [0, 0.1) is 0 Å². The van der Waals surface area contributed by atoms with Crippen molar-refractivity contribution in [3.63, 3.8) is 0 Å². The van der Waals surface area contributed by atoms with Crippen LogP contribution < -0.4 is 15.4 Å². The Bertz CT molecular complexity index is 689. The number of hydrogen-bond acceptors (Lipinski definition) is 3. The molecule has 3 N–H and O–H groups in total. The molecule has 2 aromatic rings. The summed E-state index contributed by atoms with van der Waals surface area (Å²) in [5.74, 6) is 1.65. The van der Waals surface area contributed by atoms with Crippen LogP contribution in [-0.2, 0) is 6.54 Å². The lowest BCUT2D eigenvalue weighted by atomic mass is 10.0. The molecular formula is C22H31N3O2. The van der Waals surface area contributed by atoms with Gasteiger partial charge < -0.3 is 20.5 Å². The molecular weight excluding hydrogens is 338 g/mol. The van der Waals surface area contributed by atoms with E-state index in [1.807, 2.05) is 61.5 Å². The number of rotatable bonds is 10. The number of ether oxygens (including phenoxy) is 1. The summed E-state index contributed by atoms with van der Waals surface area (Å²) in [4.78, 5) is 4.66. The number of aliphatic hydroxyl groups is 1. The lowest BCUT2D eigenvalue weighted by Crippen LogP contribution is -2.39. The number of hydrogen-bond donors (Lipinski definition) is 3. The van der Waals surface area contributed by atoms with Crippen molar-refractivity contribution < 1.29 is 9.84 Å². The van der Waals surface area contributed by atoms with Gasteiger partial charge >= 0.3 is 0 Å². The van der Waals surface area contributed by atoms with E-state index in [2.05, 4.69) is 22.5 Å². The van der Waals surface area contributed by atoms with Crippen LogP contribution in [0.1, 0.15) is 37.3 Å². The Hall–Kier alpha value is -2.53. The molecule has 0 amide bonds. The van der Waals surface area contributed by atoms with Crippen LogP contribution in [0.4, 0.5) is 0 Å². The molecule has 0 heterocycles. The summed E-state index contributed by atoms with van der Waals surface area (Å²) in [6.07, 6.45) is 0.990. The van der Waals surface area contributed by atoms with E-state index < -0.39 is 0 Å². The Labute approximate surface area is 162 Å². The summed E-state index contributed by atoms with van der Waals surface area (Å²) < 4.78 is 5.69. The highest BCUT2D eigenvalue weighted by Crippen LogP contribution is 2.15. The molecule has 2 rings (SSSR count). The first-order chi connectivity index (χ1) is 13.3. The van der Waals surface area contributed by atoms with E-state index in [0.29, 0.717) is 13.1 Å². The summed E-state index contributed by atoms with van der Waals surface area (Å²) in [5.41, 5.74) is 2.21. The van der Waals surface area contributed by atoms with Gasteiger partial charge in [0.1, 0.15) is 5.75 Å². The fraction of sp³-hybridized carbons (Fsp3) is 0.409. The third kappa shape index (κ3) is 7.31. The third-order valence-electron chi connectivity index (χ3n) is 4.14. The minimum Gasteiger partial charge on any atom is -0.494 e. The summed E-state index contributed by atoms with van der Waals surface area (Å²) in [7, 11) is 0. The molecule has 5 nitrogen and oxygen atoms in total. The van der Waals surface area contributed by atoms with Gasteiger partial charge in [0.2, 0.25) is 0 Å². The van der Waals surface area contributed by atoms with Gasteiger partial charge in [-0.1, -0.05) is 49.4 Å². The Morgan fingerprint density at radius 2 is 1.89 bits per heavy atom. The summed E-state index contributed by atoms with van der Waals surface area (Å²) >= 11 is 0. The zero-order chi connectivity index (χ0) is 19.3. The van der Waals surface area contributed by atoms with Gasteiger partial charge in [0.15, 0.2) is 5.96 Å². The van der Waals surface area contributed by atoms with E-state index in [1.165, 1.54) is 0 Å². The van der Waals surface area contributed by atoms with Gasteiger partial charge in [-0.2, -0.15) is 0 Å². The zero-order valence-corrected chi connectivity index (χ0v) is 16.3. The van der Waals surface area contributed by atoms with Crippen LogP contribution in [-0.4, -0.2) is 37.4 Å². The van der Waals surface area contributed by atoms with Crippen molar-refractivity contribution in [2.75, 3.05) is 26.3 Å². The number of nitrogens with zero attached hydrogens (tertiary/aromatic N) is 1. The molecule has 2 aromatic carbocycles. The molecule has 0 radical (unpaired) electrons. The lowest BCUT2D eigenvalue weighted by Gasteiger charge is -2.18. The minimum absolute atomic E-state index is 0.0285. The zero-order valence-electron chi connectivity index (χ0n) is 16.3. The highest BCUT2D eigenvalue weighted by atomic mass is 16.5. The van der Waals surface area contributed by atoms with E-state index in [-0.39, 0.29) is 12.5 Å². The van der Waals surface area contributed by atoms with Crippen LogP contribution >= 0.6 is 0 Å². The molecule has 0 saturated heterocycles. The molecule has 146 valence electrons. The smallest absolute Gasteiger partial charge is 0.191 e. The molecule has 0 spiro atoms. The number of benzene rings is 2. The lowest BCUT2D eigenvalue weighted by molar-refractivity contribution is 0.265. The molecule has 0 saturated carbocycles. The Morgan fingerprint density at radius 1 is 1.07 bits per heavy atom. The van der Waals surface area contributed by atoms with Gasteiger partial charge in [-0.25, -0.2) is 4.99 Å². The normalized spacial score (nSPS) is 12.5. The fourth-order valence-electron chi connectivity index (χ4n) is 2.70. The van der Waals surface area contributed by atoms with Crippen molar-refractivity contribution in [3.8, 4) is 5.75 Å². The van der Waals surface area contributed by atoms with Gasteiger partial charge in [-0.05, 0) is 36.6 Å². The van der Waals surface area contributed by atoms with Crippen molar-refractivity contribution in [2.24, 2.45) is 4.99 Å². The van der Waals surface area contributed by atoms with Crippen molar-refractivity contribution in [1.29, 1.82) is 0 Å². The molecule has 0 fully saturated rings. The molecule has 0 aliphatic rings. The van der Waals surface area contributed by atoms with Gasteiger partial charge in [0, 0.05) is 19.0 Å². The Balaban J connectivity index is 1.97. The van der Waals surface area contributed by atoms with Gasteiger partial charge in [-0.15, -0.1) is 0 Å². The predicted octanol–water partition coefficient (Wildman–Crippen LogP) is 3.31. The minimum atomic E-state index is 0.0285. The second-order valence-corrected chi connectivity index (χ2v) is 6.36. The molecule has 27 heavy (non-hydrogen) atoms. The number of aliphatic imine (C=N–C) groups is 1. The van der Waals surface area contributed by atoms with E-state index in [0.717, 1.165) is 42.4 Å². The molecule has 5 heteroatoms. The predicted molar refractivity (Wildman–Crippen MR) is 111 cm³/mol. The highest BCUT2D eigenvalue weighted by Gasteiger charge is 2.10. The molecule has 0 aromatic heterocycles. The standard InChI is InChI=1S/C22H31N3O2/c1-3-13-27-21-12-8-9-18(14-21)15-24-22(23-4-2)25-16-20(17-26)19-10-6-5-7-11-19/h5-12,14,20,26H,3-4,13,15-17H2,1-2H3,(H2,23,24,25). The molecule has 1 atom stereocenters.